The van der Waals surface area contributed by atoms with Crippen molar-refractivity contribution in [2.24, 2.45) is 21.0 Å². The fourth-order valence-corrected chi connectivity index (χ4v) is 0.387. The Morgan fingerprint density at radius 1 is 0.944 bits per heavy atom. The van der Waals surface area contributed by atoms with Gasteiger partial charge in [0.05, 0.1) is 0 Å². The van der Waals surface area contributed by atoms with Crippen molar-refractivity contribution < 1.29 is 75.7 Å². The molecule has 0 unspecified atom stereocenters. The van der Waals surface area contributed by atoms with Crippen LogP contribution >= 0.6 is 0 Å². The quantitative estimate of drug-likeness (QED) is 0.213. The Hall–Kier alpha value is 0.888. The van der Waals surface area contributed by atoms with Crippen molar-refractivity contribution in [3.8, 4) is 0 Å². The molecule has 102 valence electrons. The smallest absolute Gasteiger partial charge is 0.0331 e. The molecule has 4 nitrogen and oxygen atoms in total. The van der Waals surface area contributed by atoms with Gasteiger partial charge in [0.25, 0.3) is 0 Å². The molecule has 0 amide bonds. The second-order valence-electron chi connectivity index (χ2n) is 5.53. The second kappa shape index (κ2) is 11.7. The molecule has 0 saturated carbocycles. The number of nitrogens with zero attached hydrogens (tertiary/aromatic N) is 2. The van der Waals surface area contributed by atoms with E-state index in [4.69, 9.17) is 10.3 Å². The van der Waals surface area contributed by atoms with Crippen LogP contribution in [0.15, 0.2) is 10.1 Å². The van der Waals surface area contributed by atoms with E-state index in [1.807, 2.05) is 41.5 Å². The van der Waals surface area contributed by atoms with Gasteiger partial charge in [-0.3, -0.25) is 0 Å². The van der Waals surface area contributed by atoms with E-state index in [0.717, 1.165) is 0 Å². The summed E-state index contributed by atoms with van der Waals surface area (Å²) in [6, 6.07) is 0. The summed E-state index contributed by atoms with van der Waals surface area (Å²) in [6.45, 7) is 15.0. The van der Waals surface area contributed by atoms with E-state index >= 15 is 0 Å². The van der Waals surface area contributed by atoms with E-state index in [9.17, 15) is 0 Å². The Morgan fingerprint density at radius 3 is 1.28 bits per heavy atom. The predicted molar refractivity (Wildman–Crippen MR) is 68.9 cm³/mol. The zero-order valence-corrected chi connectivity index (χ0v) is 18.0. The van der Waals surface area contributed by atoms with Gasteiger partial charge < -0.3 is 22.2 Å². The first-order valence-electron chi connectivity index (χ1n) is 5.04. The summed E-state index contributed by atoms with van der Waals surface area (Å²) in [5, 5.41) is 20.0. The fourth-order valence-electron chi connectivity index (χ4n) is 0.387. The SMILES string of the molecule is [CH2-]C(=NO)C(C)(C)C.[CH2-]N=C(O)C(C)(C)C.[Y].[Y]. The first-order chi connectivity index (χ1) is 6.96. The van der Waals surface area contributed by atoms with Gasteiger partial charge in [-0.15, -0.1) is 5.16 Å². The number of hydrogen-bond donors (Lipinski definition) is 2. The van der Waals surface area contributed by atoms with Gasteiger partial charge >= 0.3 is 0 Å². The van der Waals surface area contributed by atoms with E-state index in [0.29, 0.717) is 5.71 Å². The van der Waals surface area contributed by atoms with Crippen molar-refractivity contribution in [3.05, 3.63) is 14.0 Å². The van der Waals surface area contributed by atoms with Crippen LogP contribution in [0.3, 0.4) is 0 Å². The van der Waals surface area contributed by atoms with E-state index in [1.165, 1.54) is 0 Å². The molecule has 18 heavy (non-hydrogen) atoms. The number of oxime groups is 1. The van der Waals surface area contributed by atoms with Crippen LogP contribution in [0.1, 0.15) is 41.5 Å². The van der Waals surface area contributed by atoms with Crippen molar-refractivity contribution in [1.82, 2.24) is 0 Å². The van der Waals surface area contributed by atoms with Gasteiger partial charge in [0.15, 0.2) is 0 Å². The molecule has 0 aliphatic rings. The molecule has 0 rings (SSSR count). The Bertz CT molecular complexity index is 236. The minimum atomic E-state index is -0.248. The van der Waals surface area contributed by atoms with Crippen LogP contribution in [-0.4, -0.2) is 21.9 Å². The third-order valence-corrected chi connectivity index (χ3v) is 1.81. The zero-order chi connectivity index (χ0) is 13.6. The molecule has 6 heteroatoms. The normalized spacial score (nSPS) is 12.6. The first kappa shape index (κ1) is 27.3. The van der Waals surface area contributed by atoms with Crippen molar-refractivity contribution >= 4 is 11.6 Å². The Balaban J connectivity index is -0.0000000980. The first-order valence-corrected chi connectivity index (χ1v) is 5.04. The second-order valence-corrected chi connectivity index (χ2v) is 5.53. The summed E-state index contributed by atoms with van der Waals surface area (Å²) >= 11 is 0. The Morgan fingerprint density at radius 2 is 1.28 bits per heavy atom. The molecule has 0 heterocycles. The molecular formula is C12H24N2O2Y2-2. The molecule has 0 saturated heterocycles. The molecule has 0 aromatic rings. The minimum Gasteiger partial charge on any atom is -0.579 e. The van der Waals surface area contributed by atoms with Crippen LogP contribution in [-0.2, 0) is 65.4 Å². The number of aliphatic hydroxyl groups excluding tert-OH is 1. The molecule has 0 aromatic carbocycles. The molecule has 0 bridgehead atoms. The third-order valence-electron chi connectivity index (χ3n) is 1.81. The van der Waals surface area contributed by atoms with E-state index in [-0.39, 0.29) is 82.1 Å². The molecular weight excluding hydrogens is 382 g/mol. The van der Waals surface area contributed by atoms with Gasteiger partial charge in [-0.05, 0) is 10.8 Å². The van der Waals surface area contributed by atoms with Gasteiger partial charge in [0.1, 0.15) is 0 Å². The predicted octanol–water partition coefficient (Wildman–Crippen LogP) is 3.47. The molecule has 0 atom stereocenters. The maximum atomic E-state index is 8.88. The summed E-state index contributed by atoms with van der Waals surface area (Å²) in [5.41, 5.74) is 0.161. The van der Waals surface area contributed by atoms with Crippen LogP contribution in [0.5, 0.6) is 0 Å². The Labute approximate surface area is 162 Å². The van der Waals surface area contributed by atoms with Crippen molar-refractivity contribution in [2.75, 3.05) is 0 Å². The Kier molecular flexibility index (Phi) is 17.7. The van der Waals surface area contributed by atoms with Crippen molar-refractivity contribution in [2.45, 2.75) is 41.5 Å². The van der Waals surface area contributed by atoms with E-state index < -0.39 is 0 Å². The summed E-state index contributed by atoms with van der Waals surface area (Å²) in [5.74, 6) is 0.0949. The van der Waals surface area contributed by atoms with Crippen LogP contribution in [0, 0.1) is 24.8 Å². The van der Waals surface area contributed by atoms with Crippen molar-refractivity contribution in [1.29, 1.82) is 0 Å². The van der Waals surface area contributed by atoms with Crippen molar-refractivity contribution in [3.63, 3.8) is 0 Å². The summed E-state index contributed by atoms with van der Waals surface area (Å²) in [6.07, 6.45) is 0. The van der Waals surface area contributed by atoms with Gasteiger partial charge in [0, 0.05) is 71.3 Å². The van der Waals surface area contributed by atoms with Gasteiger partial charge in [-0.2, -0.15) is 7.05 Å². The monoisotopic (exact) mass is 406 g/mol. The summed E-state index contributed by atoms with van der Waals surface area (Å²) in [4.78, 5) is 3.38. The molecule has 2 radical (unpaired) electrons. The fraction of sp³-hybridized carbons (Fsp3) is 0.667. The topological polar surface area (TPSA) is 65.2 Å². The van der Waals surface area contributed by atoms with Crippen LogP contribution in [0.2, 0.25) is 0 Å². The van der Waals surface area contributed by atoms with Crippen LogP contribution < -0.4 is 0 Å². The number of rotatable bonds is 0. The molecule has 0 spiro atoms. The maximum Gasteiger partial charge on any atom is 0.0331 e. The molecule has 0 aromatic heterocycles. The van der Waals surface area contributed by atoms with Crippen LogP contribution in [0.4, 0.5) is 0 Å². The third kappa shape index (κ3) is 14.9. The number of aliphatic imine (C=N–C) groups is 1. The average Bonchev–Trinajstić information content (AvgIpc) is 2.13. The molecule has 0 aliphatic heterocycles. The molecule has 0 aliphatic carbocycles. The zero-order valence-electron chi connectivity index (χ0n) is 12.4. The minimum absolute atomic E-state index is 0. The van der Waals surface area contributed by atoms with Gasteiger partial charge in [-0.25, -0.2) is 0 Å². The number of aliphatic hydroxyl groups is 1. The van der Waals surface area contributed by atoms with Gasteiger partial charge in [0.2, 0.25) is 0 Å². The molecule has 0 fully saturated rings. The largest absolute Gasteiger partial charge is 0.579 e. The number of hydrogen-bond acceptors (Lipinski definition) is 3. The average molecular weight is 406 g/mol. The summed E-state index contributed by atoms with van der Waals surface area (Å²) < 4.78 is 0. The van der Waals surface area contributed by atoms with E-state index in [2.05, 4.69) is 24.1 Å². The molecule has 2 N–H and O–H groups in total. The van der Waals surface area contributed by atoms with E-state index in [1.54, 1.807) is 0 Å². The van der Waals surface area contributed by atoms with Gasteiger partial charge in [-0.1, -0.05) is 47.3 Å². The maximum absolute atomic E-state index is 8.88. The summed E-state index contributed by atoms with van der Waals surface area (Å²) in [7, 11) is 3.19. The standard InChI is InChI=1S/2C6H12NO.2Y/c1-6(2,3)5(8)7-4;1-5(7-8)6(2,3)4;;/h4H2,1-3H3,(H,7,8);8H,1H2,2-4H3;;/q2*-1;;. The van der Waals surface area contributed by atoms with Crippen LogP contribution in [0.25, 0.3) is 0 Å².